The van der Waals surface area contributed by atoms with E-state index in [-0.39, 0.29) is 5.91 Å². The molecule has 1 rings (SSSR count). The summed E-state index contributed by atoms with van der Waals surface area (Å²) in [4.78, 5) is 18.2. The van der Waals surface area contributed by atoms with Crippen LogP contribution in [-0.4, -0.2) is 80.5 Å². The van der Waals surface area contributed by atoms with Crippen LogP contribution in [0.1, 0.15) is 19.3 Å². The first kappa shape index (κ1) is 15.4. The number of nitrogens with two attached hydrogens (primary N) is 1. The number of hydrogen-bond donors (Lipinski definition) is 1. The summed E-state index contributed by atoms with van der Waals surface area (Å²) < 4.78 is 0. The van der Waals surface area contributed by atoms with Crippen LogP contribution >= 0.6 is 0 Å². The fourth-order valence-electron chi connectivity index (χ4n) is 2.17. The van der Waals surface area contributed by atoms with E-state index in [1.165, 1.54) is 0 Å². The monoisotopic (exact) mass is 256 g/mol. The SMILES string of the molecule is CN(C)CCCN(C)C(=O)CN1CCC(N)CC1. The average Bonchev–Trinajstić information content (AvgIpc) is 2.31. The molecule has 0 spiro atoms. The first-order valence-corrected chi connectivity index (χ1v) is 6.85. The van der Waals surface area contributed by atoms with Crippen LogP contribution in [0.3, 0.4) is 0 Å². The molecule has 0 aromatic carbocycles. The van der Waals surface area contributed by atoms with Gasteiger partial charge in [0, 0.05) is 32.7 Å². The zero-order valence-electron chi connectivity index (χ0n) is 12.1. The summed E-state index contributed by atoms with van der Waals surface area (Å²) in [6, 6.07) is 0.328. The van der Waals surface area contributed by atoms with Crippen molar-refractivity contribution in [3.8, 4) is 0 Å². The summed E-state index contributed by atoms with van der Waals surface area (Å²) in [5.41, 5.74) is 5.85. The third kappa shape index (κ3) is 5.80. The normalized spacial score (nSPS) is 18.3. The lowest BCUT2D eigenvalue weighted by molar-refractivity contribution is -0.131. The van der Waals surface area contributed by atoms with Crippen molar-refractivity contribution < 1.29 is 4.79 Å². The first-order chi connectivity index (χ1) is 8.49. The summed E-state index contributed by atoms with van der Waals surface area (Å²) in [5.74, 6) is 0.226. The molecule has 106 valence electrons. The zero-order chi connectivity index (χ0) is 13.5. The molecule has 1 saturated heterocycles. The second-order valence-corrected chi connectivity index (χ2v) is 5.59. The molecular weight excluding hydrogens is 228 g/mol. The van der Waals surface area contributed by atoms with Crippen molar-refractivity contribution in [3.63, 3.8) is 0 Å². The smallest absolute Gasteiger partial charge is 0.236 e. The Hall–Kier alpha value is -0.650. The lowest BCUT2D eigenvalue weighted by atomic mass is 10.1. The van der Waals surface area contributed by atoms with Gasteiger partial charge in [0.1, 0.15) is 0 Å². The molecule has 0 radical (unpaired) electrons. The number of carbonyl (C=O) groups excluding carboxylic acids is 1. The molecule has 1 amide bonds. The van der Waals surface area contributed by atoms with Crippen molar-refractivity contribution in [2.24, 2.45) is 5.73 Å². The summed E-state index contributed by atoms with van der Waals surface area (Å²) in [5, 5.41) is 0. The number of piperidine rings is 1. The highest BCUT2D eigenvalue weighted by molar-refractivity contribution is 5.77. The second-order valence-electron chi connectivity index (χ2n) is 5.59. The first-order valence-electron chi connectivity index (χ1n) is 6.85. The molecule has 0 aromatic rings. The van der Waals surface area contributed by atoms with E-state index in [0.29, 0.717) is 12.6 Å². The summed E-state index contributed by atoms with van der Waals surface area (Å²) in [6.07, 6.45) is 3.05. The Morgan fingerprint density at radius 1 is 1.22 bits per heavy atom. The van der Waals surface area contributed by atoms with Crippen molar-refractivity contribution in [1.29, 1.82) is 0 Å². The minimum absolute atomic E-state index is 0.226. The molecule has 5 heteroatoms. The standard InChI is InChI=1S/C13H28N4O/c1-15(2)7-4-8-16(3)13(18)11-17-9-5-12(14)6-10-17/h12H,4-11,14H2,1-3H3. The summed E-state index contributed by atoms with van der Waals surface area (Å²) >= 11 is 0. The van der Waals surface area contributed by atoms with Gasteiger partial charge in [-0.3, -0.25) is 9.69 Å². The van der Waals surface area contributed by atoms with E-state index in [4.69, 9.17) is 5.73 Å². The average molecular weight is 256 g/mol. The van der Waals surface area contributed by atoms with E-state index >= 15 is 0 Å². The van der Waals surface area contributed by atoms with Crippen LogP contribution in [0.15, 0.2) is 0 Å². The minimum atomic E-state index is 0.226. The van der Waals surface area contributed by atoms with E-state index in [2.05, 4.69) is 23.9 Å². The van der Waals surface area contributed by atoms with Crippen molar-refractivity contribution in [2.75, 3.05) is 53.9 Å². The summed E-state index contributed by atoms with van der Waals surface area (Å²) in [7, 11) is 6.01. The molecule has 0 unspecified atom stereocenters. The third-order valence-electron chi connectivity index (χ3n) is 3.52. The van der Waals surface area contributed by atoms with Crippen molar-refractivity contribution in [1.82, 2.24) is 14.7 Å². The molecule has 0 bridgehead atoms. The van der Waals surface area contributed by atoms with Crippen LogP contribution in [0.25, 0.3) is 0 Å². The molecule has 1 heterocycles. The van der Waals surface area contributed by atoms with Crippen LogP contribution in [0.5, 0.6) is 0 Å². The Balaban J connectivity index is 2.18. The Bertz CT molecular complexity index is 249. The van der Waals surface area contributed by atoms with Gasteiger partial charge in [-0.2, -0.15) is 0 Å². The number of hydrogen-bond acceptors (Lipinski definition) is 4. The Morgan fingerprint density at radius 2 is 1.83 bits per heavy atom. The van der Waals surface area contributed by atoms with Gasteiger partial charge in [-0.25, -0.2) is 0 Å². The fourth-order valence-corrected chi connectivity index (χ4v) is 2.17. The molecule has 5 nitrogen and oxygen atoms in total. The van der Waals surface area contributed by atoms with E-state index in [1.54, 1.807) is 0 Å². The predicted octanol–water partition coefficient (Wildman–Crippen LogP) is -0.180. The number of amides is 1. The van der Waals surface area contributed by atoms with Crippen LogP contribution in [0.2, 0.25) is 0 Å². The van der Waals surface area contributed by atoms with Gasteiger partial charge in [0.25, 0.3) is 0 Å². The van der Waals surface area contributed by atoms with Crippen molar-refractivity contribution >= 4 is 5.91 Å². The maximum atomic E-state index is 12.0. The predicted molar refractivity (Wildman–Crippen MR) is 74.5 cm³/mol. The van der Waals surface area contributed by atoms with Crippen molar-refractivity contribution in [2.45, 2.75) is 25.3 Å². The third-order valence-corrected chi connectivity index (χ3v) is 3.52. The molecule has 1 aliphatic rings. The lowest BCUT2D eigenvalue weighted by Gasteiger charge is -2.30. The van der Waals surface area contributed by atoms with E-state index in [9.17, 15) is 4.79 Å². The molecule has 2 N–H and O–H groups in total. The summed E-state index contributed by atoms with van der Waals surface area (Å²) in [6.45, 7) is 4.32. The fraction of sp³-hybridized carbons (Fsp3) is 0.923. The number of nitrogens with zero attached hydrogens (tertiary/aromatic N) is 3. The van der Waals surface area contributed by atoms with Gasteiger partial charge in [-0.15, -0.1) is 0 Å². The quantitative estimate of drug-likeness (QED) is 0.716. The van der Waals surface area contributed by atoms with E-state index in [1.807, 2.05) is 11.9 Å². The van der Waals surface area contributed by atoms with Gasteiger partial charge in [0.05, 0.1) is 6.54 Å². The van der Waals surface area contributed by atoms with Crippen LogP contribution in [0.4, 0.5) is 0 Å². The Morgan fingerprint density at radius 3 is 2.39 bits per heavy atom. The van der Waals surface area contributed by atoms with Gasteiger partial charge in [0.2, 0.25) is 5.91 Å². The Kier molecular flexibility index (Phi) is 6.60. The zero-order valence-corrected chi connectivity index (χ0v) is 12.1. The number of rotatable bonds is 6. The largest absolute Gasteiger partial charge is 0.345 e. The van der Waals surface area contributed by atoms with Crippen molar-refractivity contribution in [3.05, 3.63) is 0 Å². The number of likely N-dealkylation sites (N-methyl/N-ethyl adjacent to an activating group) is 1. The molecule has 1 fully saturated rings. The van der Waals surface area contributed by atoms with Gasteiger partial charge >= 0.3 is 0 Å². The highest BCUT2D eigenvalue weighted by Gasteiger charge is 2.19. The molecule has 0 atom stereocenters. The molecule has 1 aliphatic heterocycles. The maximum absolute atomic E-state index is 12.0. The minimum Gasteiger partial charge on any atom is -0.345 e. The van der Waals surface area contributed by atoms with Gasteiger partial charge in [0.15, 0.2) is 0 Å². The van der Waals surface area contributed by atoms with Crippen LogP contribution in [-0.2, 0) is 4.79 Å². The topological polar surface area (TPSA) is 52.8 Å². The highest BCUT2D eigenvalue weighted by atomic mass is 16.2. The van der Waals surface area contributed by atoms with E-state index in [0.717, 1.165) is 45.4 Å². The molecule has 18 heavy (non-hydrogen) atoms. The van der Waals surface area contributed by atoms with Gasteiger partial charge in [-0.05, 0) is 39.9 Å². The Labute approximate surface area is 111 Å². The second kappa shape index (κ2) is 7.71. The molecule has 0 aromatic heterocycles. The van der Waals surface area contributed by atoms with E-state index < -0.39 is 0 Å². The number of likely N-dealkylation sites (tertiary alicyclic amines) is 1. The molecular formula is C13H28N4O. The van der Waals surface area contributed by atoms with Crippen LogP contribution in [0, 0.1) is 0 Å². The highest BCUT2D eigenvalue weighted by Crippen LogP contribution is 2.08. The number of carbonyl (C=O) groups is 1. The van der Waals surface area contributed by atoms with Gasteiger partial charge in [-0.1, -0.05) is 0 Å². The molecule has 0 saturated carbocycles. The molecule has 0 aliphatic carbocycles. The lowest BCUT2D eigenvalue weighted by Crippen LogP contribution is -2.45. The van der Waals surface area contributed by atoms with Gasteiger partial charge < -0.3 is 15.5 Å². The van der Waals surface area contributed by atoms with Crippen LogP contribution < -0.4 is 5.73 Å². The maximum Gasteiger partial charge on any atom is 0.236 e.